The van der Waals surface area contributed by atoms with Gasteiger partial charge in [-0.2, -0.15) is 0 Å². The maximum absolute atomic E-state index is 5.80. The molecule has 0 amide bonds. The minimum atomic E-state index is -1.60. The summed E-state index contributed by atoms with van der Waals surface area (Å²) in [7, 11) is 0. The fourth-order valence-corrected chi connectivity index (χ4v) is 1.50. The van der Waals surface area contributed by atoms with E-state index in [0.717, 1.165) is 19.4 Å². The van der Waals surface area contributed by atoms with Crippen molar-refractivity contribution in [2.75, 3.05) is 13.3 Å². The Bertz CT molecular complexity index is 112. The summed E-state index contributed by atoms with van der Waals surface area (Å²) in [4.78, 5) is 0. The van der Waals surface area contributed by atoms with E-state index < -0.39 is 5.09 Å². The Balaban J connectivity index is 3.18. The van der Waals surface area contributed by atoms with Crippen molar-refractivity contribution in [3.05, 3.63) is 0 Å². The third-order valence-electron chi connectivity index (χ3n) is 0.820. The zero-order valence-corrected chi connectivity index (χ0v) is 9.13. The first kappa shape index (κ1) is 10.2. The van der Waals surface area contributed by atoms with E-state index in [1.807, 2.05) is 6.66 Å². The molecule has 0 saturated heterocycles. The molecule has 0 aromatic carbocycles. The van der Waals surface area contributed by atoms with Gasteiger partial charge in [-0.25, -0.2) is 0 Å². The second-order valence-corrected chi connectivity index (χ2v) is 11.4. The van der Waals surface area contributed by atoms with Gasteiger partial charge in [0, 0.05) is 0 Å². The summed E-state index contributed by atoms with van der Waals surface area (Å²) < 4.78 is 5.29. The van der Waals surface area contributed by atoms with Gasteiger partial charge in [0.1, 0.15) is 0 Å². The summed E-state index contributed by atoms with van der Waals surface area (Å²) in [5.41, 5.74) is 0. The van der Waals surface area contributed by atoms with Crippen LogP contribution in [0.15, 0.2) is 0 Å². The first-order valence-corrected chi connectivity index (χ1v) is 8.25. The fraction of sp³-hybridized carbons (Fsp3) is 1.00. The summed E-state index contributed by atoms with van der Waals surface area (Å²) in [5, 5.41) is -1.60. The summed E-state index contributed by atoms with van der Waals surface area (Å²) in [6.07, 6.45) is 2.26. The van der Waals surface area contributed by atoms with Crippen molar-refractivity contribution in [2.24, 2.45) is 0 Å². The van der Waals surface area contributed by atoms with E-state index in [1.165, 1.54) is 0 Å². The zero-order valence-electron chi connectivity index (χ0n) is 5.76. The molecule has 0 spiro atoms. The Kier molecular flexibility index (Phi) is 5.59. The van der Waals surface area contributed by atoms with Crippen molar-refractivity contribution in [2.45, 2.75) is 19.8 Å². The molecular weight excluding hydrogens is 221 g/mol. The number of halogens is 1. The number of rotatable bonds is 4. The van der Waals surface area contributed by atoms with Crippen LogP contribution in [0.3, 0.4) is 0 Å². The Labute approximate surface area is 69.2 Å². The molecule has 0 N–H and O–H groups in total. The van der Waals surface area contributed by atoms with Crippen LogP contribution in [0.5, 0.6) is 0 Å². The summed E-state index contributed by atoms with van der Waals surface area (Å²) in [5.74, 6) is 0. The van der Waals surface area contributed by atoms with Crippen LogP contribution in [0.1, 0.15) is 19.8 Å². The molecule has 1 atom stereocenters. The molecule has 0 aliphatic rings. The van der Waals surface area contributed by atoms with Crippen LogP contribution in [-0.2, 0) is 4.52 Å². The van der Waals surface area contributed by atoms with Gasteiger partial charge in [0.15, 0.2) is 0 Å². The van der Waals surface area contributed by atoms with Gasteiger partial charge >= 0.3 is 69.0 Å². The summed E-state index contributed by atoms with van der Waals surface area (Å²) in [6.45, 7) is 4.83. The zero-order chi connectivity index (χ0) is 7.33. The van der Waals surface area contributed by atoms with Gasteiger partial charge in [0.2, 0.25) is 0 Å². The molecule has 9 heavy (non-hydrogen) atoms. The topological polar surface area (TPSA) is 9.23 Å². The predicted octanol–water partition coefficient (Wildman–Crippen LogP) is 2.60. The second-order valence-electron chi connectivity index (χ2n) is 1.93. The molecule has 0 rings (SSSR count). The molecule has 4 heteroatoms. The van der Waals surface area contributed by atoms with Crippen LogP contribution in [0.25, 0.3) is 0 Å². The Morgan fingerprint density at radius 3 is 2.56 bits per heavy atom. The van der Waals surface area contributed by atoms with E-state index in [9.17, 15) is 0 Å². The van der Waals surface area contributed by atoms with Crippen molar-refractivity contribution < 1.29 is 4.52 Å². The van der Waals surface area contributed by atoms with E-state index >= 15 is 0 Å². The third kappa shape index (κ3) is 9.20. The first-order chi connectivity index (χ1) is 4.06. The maximum atomic E-state index is 5.80. The minimum absolute atomic E-state index is 0.789. The Morgan fingerprint density at radius 2 is 2.22 bits per heavy atom. The van der Waals surface area contributed by atoms with Gasteiger partial charge in [0.25, 0.3) is 0 Å². The molecule has 1 unspecified atom stereocenters. The van der Waals surface area contributed by atoms with Crippen molar-refractivity contribution in [1.82, 2.24) is 0 Å². The molecule has 0 saturated carbocycles. The first-order valence-electron chi connectivity index (χ1n) is 2.98. The van der Waals surface area contributed by atoms with E-state index in [2.05, 4.69) is 22.0 Å². The number of hydrogen-bond acceptors (Lipinski definition) is 1. The van der Waals surface area contributed by atoms with E-state index in [0.29, 0.717) is 0 Å². The molecule has 0 aliphatic carbocycles. The van der Waals surface area contributed by atoms with Crippen LogP contribution < -0.4 is 0 Å². The molecule has 0 aromatic rings. The number of hydrogen-bond donors (Lipinski definition) is 0. The summed E-state index contributed by atoms with van der Waals surface area (Å²) >= 11 is 8.63. The molecule has 0 fully saturated rings. The van der Waals surface area contributed by atoms with Crippen LogP contribution >= 0.6 is 16.3 Å². The molecule has 0 radical (unpaired) electrons. The van der Waals surface area contributed by atoms with Gasteiger partial charge in [-0.1, -0.05) is 0 Å². The van der Waals surface area contributed by atoms with Gasteiger partial charge in [-0.3, -0.25) is 0 Å². The monoisotopic (exact) mass is 234 g/mol. The van der Waals surface area contributed by atoms with Gasteiger partial charge in [-0.05, 0) is 0 Å². The second kappa shape index (κ2) is 4.93. The van der Waals surface area contributed by atoms with Crippen LogP contribution in [0, 0.1) is 0 Å². The van der Waals surface area contributed by atoms with Crippen molar-refractivity contribution in [1.29, 1.82) is 0 Å². The predicted molar refractivity (Wildman–Crippen MR) is 45.3 cm³/mol. The normalized spacial score (nSPS) is 17.2. The average Bonchev–Trinajstić information content (AvgIpc) is 1.63. The van der Waals surface area contributed by atoms with E-state index in [-0.39, 0.29) is 0 Å². The van der Waals surface area contributed by atoms with Crippen molar-refractivity contribution in [3.63, 3.8) is 0 Å². The molecule has 56 valence electrons. The number of unbranched alkanes of at least 4 members (excludes halogenated alkanes) is 1. The van der Waals surface area contributed by atoms with Gasteiger partial charge < -0.3 is 0 Å². The molecule has 0 aromatic heterocycles. The quantitative estimate of drug-likeness (QED) is 0.412. The van der Waals surface area contributed by atoms with Gasteiger partial charge in [0.05, 0.1) is 0 Å². The molecule has 0 bridgehead atoms. The Morgan fingerprint density at radius 1 is 1.67 bits per heavy atom. The molecule has 0 heterocycles. The van der Waals surface area contributed by atoms with Crippen LogP contribution in [0.4, 0.5) is 0 Å². The molecule has 0 aliphatic heterocycles. The third-order valence-corrected chi connectivity index (χ3v) is 2.42. The van der Waals surface area contributed by atoms with Gasteiger partial charge in [-0.15, -0.1) is 0 Å². The van der Waals surface area contributed by atoms with E-state index in [1.54, 1.807) is 0 Å². The van der Waals surface area contributed by atoms with Crippen molar-refractivity contribution in [3.8, 4) is 0 Å². The average molecular weight is 234 g/mol. The standard InChI is InChI=1S/C5H12ClOPSe/c1-3-4-5-7-8(2,6)9/h3-5H2,1-2H3. The SMILES string of the molecule is CCCCOP(C)(Cl)=[Se]. The Hall–Kier alpha value is 1.20. The van der Waals surface area contributed by atoms with Crippen molar-refractivity contribution >= 4 is 31.4 Å². The van der Waals surface area contributed by atoms with Crippen LogP contribution in [-0.4, -0.2) is 28.4 Å². The van der Waals surface area contributed by atoms with Crippen LogP contribution in [0.2, 0.25) is 0 Å². The summed E-state index contributed by atoms with van der Waals surface area (Å²) in [6, 6.07) is 0. The molecule has 1 nitrogen and oxygen atoms in total. The molecular formula is C5H12ClOPSe. The van der Waals surface area contributed by atoms with E-state index in [4.69, 9.17) is 15.8 Å². The fourth-order valence-electron chi connectivity index (χ4n) is 0.372.